The lowest BCUT2D eigenvalue weighted by Gasteiger charge is -2.47. The fourth-order valence-corrected chi connectivity index (χ4v) is 6.43. The molecule has 6 rings (SSSR count). The second kappa shape index (κ2) is 9.80. The maximum atomic E-state index is 14.2. The van der Waals surface area contributed by atoms with E-state index in [1.54, 1.807) is 15.9 Å². The number of aromatic nitrogens is 1. The van der Waals surface area contributed by atoms with Crippen LogP contribution in [-0.2, 0) is 15.0 Å². The van der Waals surface area contributed by atoms with E-state index < -0.39 is 29.3 Å². The summed E-state index contributed by atoms with van der Waals surface area (Å²) >= 11 is 5.88. The Morgan fingerprint density at radius 1 is 1.10 bits per heavy atom. The summed E-state index contributed by atoms with van der Waals surface area (Å²) in [6.07, 6.45) is 2.62. The van der Waals surface area contributed by atoms with Gasteiger partial charge >= 0.3 is 0 Å². The first-order valence-corrected chi connectivity index (χ1v) is 13.7. The Morgan fingerprint density at radius 3 is 2.49 bits per heavy atom. The number of benzene rings is 1. The molecule has 1 spiro atoms. The first kappa shape index (κ1) is 26.1. The normalized spacial score (nSPS) is 23.7. The summed E-state index contributed by atoms with van der Waals surface area (Å²) in [7, 11) is 0. The van der Waals surface area contributed by atoms with E-state index in [-0.39, 0.29) is 40.3 Å². The fraction of sp³-hybridized carbons (Fsp3) is 0.500. The molecule has 1 saturated heterocycles. The van der Waals surface area contributed by atoms with Crippen molar-refractivity contribution in [3.05, 3.63) is 58.1 Å². The number of carbonyl (C=O) groups is 3. The predicted octanol–water partition coefficient (Wildman–Crippen LogP) is 4.64. The number of halogens is 4. The minimum atomic E-state index is -2.90. The van der Waals surface area contributed by atoms with Crippen molar-refractivity contribution in [1.82, 2.24) is 15.2 Å². The molecule has 3 amide bonds. The molecule has 4 aliphatic rings. The first-order chi connectivity index (χ1) is 18.7. The SMILES string of the molecule is O=C(NC1CCC(CN2C(=O)C3(CN(C(=O)C4CC4)C3)c3ccc(F)cc32)CC1)c1cc(Cl)cnc1C(F)F. The van der Waals surface area contributed by atoms with Crippen LogP contribution in [0.25, 0.3) is 0 Å². The number of hydrogen-bond donors (Lipinski definition) is 1. The molecule has 0 bridgehead atoms. The van der Waals surface area contributed by atoms with Crippen LogP contribution in [-0.4, -0.2) is 53.3 Å². The third-order valence-electron chi connectivity index (χ3n) is 8.54. The molecular weight excluding hydrogens is 533 g/mol. The second-order valence-electron chi connectivity index (χ2n) is 11.2. The quantitative estimate of drug-likeness (QED) is 0.558. The van der Waals surface area contributed by atoms with Crippen LogP contribution < -0.4 is 10.2 Å². The number of nitrogens with one attached hydrogen (secondary N) is 1. The Bertz CT molecular complexity index is 1340. The molecule has 0 unspecified atom stereocenters. The molecule has 39 heavy (non-hydrogen) atoms. The summed E-state index contributed by atoms with van der Waals surface area (Å²) in [5, 5.41) is 2.93. The monoisotopic (exact) mass is 560 g/mol. The topological polar surface area (TPSA) is 82.6 Å². The van der Waals surface area contributed by atoms with Crippen LogP contribution in [0.2, 0.25) is 5.02 Å². The summed E-state index contributed by atoms with van der Waals surface area (Å²) < 4.78 is 40.9. The minimum Gasteiger partial charge on any atom is -0.349 e. The molecule has 3 fully saturated rings. The summed E-state index contributed by atoms with van der Waals surface area (Å²) in [6.45, 7) is 1.07. The van der Waals surface area contributed by atoms with Crippen LogP contribution >= 0.6 is 11.6 Å². The van der Waals surface area contributed by atoms with Crippen molar-refractivity contribution in [3.8, 4) is 0 Å². The smallest absolute Gasteiger partial charge is 0.281 e. The molecule has 0 atom stereocenters. The van der Waals surface area contributed by atoms with Gasteiger partial charge in [0, 0.05) is 37.8 Å². The number of likely N-dealkylation sites (tertiary alicyclic amines) is 1. The molecule has 3 heterocycles. The molecule has 1 aromatic carbocycles. The van der Waals surface area contributed by atoms with Gasteiger partial charge in [-0.15, -0.1) is 0 Å². The Kier molecular flexibility index (Phi) is 6.56. The first-order valence-electron chi connectivity index (χ1n) is 13.3. The van der Waals surface area contributed by atoms with Gasteiger partial charge in [0.1, 0.15) is 16.9 Å². The van der Waals surface area contributed by atoms with Crippen LogP contribution in [0, 0.1) is 17.7 Å². The Hall–Kier alpha value is -3.14. The third kappa shape index (κ3) is 4.66. The summed E-state index contributed by atoms with van der Waals surface area (Å²) in [5.41, 5.74) is -0.305. The lowest BCUT2D eigenvalue weighted by atomic mass is 9.74. The highest BCUT2D eigenvalue weighted by Gasteiger charge is 2.60. The van der Waals surface area contributed by atoms with E-state index in [2.05, 4.69) is 10.3 Å². The van der Waals surface area contributed by atoms with Gasteiger partial charge in [0.25, 0.3) is 12.3 Å². The van der Waals surface area contributed by atoms with Crippen molar-refractivity contribution in [2.75, 3.05) is 24.5 Å². The number of anilines is 1. The third-order valence-corrected chi connectivity index (χ3v) is 8.75. The van der Waals surface area contributed by atoms with Crippen LogP contribution in [0.3, 0.4) is 0 Å². The zero-order valence-electron chi connectivity index (χ0n) is 21.1. The average Bonchev–Trinajstić information content (AvgIpc) is 3.70. The van der Waals surface area contributed by atoms with Gasteiger partial charge in [-0.3, -0.25) is 19.4 Å². The number of pyridine rings is 1. The van der Waals surface area contributed by atoms with Gasteiger partial charge in [0.2, 0.25) is 11.8 Å². The molecular formula is C28H28ClF3N4O3. The van der Waals surface area contributed by atoms with Crippen molar-refractivity contribution in [1.29, 1.82) is 0 Å². The molecule has 2 aromatic rings. The number of hydrogen-bond acceptors (Lipinski definition) is 4. The van der Waals surface area contributed by atoms with Crippen molar-refractivity contribution in [2.45, 2.75) is 56.4 Å². The maximum absolute atomic E-state index is 14.2. The summed E-state index contributed by atoms with van der Waals surface area (Å²) in [6, 6.07) is 5.43. The average molecular weight is 561 g/mol. The number of carbonyl (C=O) groups excluding carboxylic acids is 3. The lowest BCUT2D eigenvalue weighted by Crippen LogP contribution is -2.65. The molecule has 1 aromatic heterocycles. The Labute approximate surface area is 228 Å². The summed E-state index contributed by atoms with van der Waals surface area (Å²) in [4.78, 5) is 46.0. The van der Waals surface area contributed by atoms with Crippen LogP contribution in [0.5, 0.6) is 0 Å². The molecule has 2 saturated carbocycles. The standard InChI is InChI=1S/C28H28ClF3N4O3/c29-17-9-20(23(24(31)32)33-11-17)25(37)34-19-6-1-15(2-7-19)12-36-22-10-18(30)5-8-21(22)28(27(36)39)13-35(14-28)26(38)16-3-4-16/h5,8-11,15-16,19,24H,1-4,6-7,12-14H2,(H,34,37). The second-order valence-corrected chi connectivity index (χ2v) is 11.6. The van der Waals surface area contributed by atoms with Crippen molar-refractivity contribution >= 4 is 35.0 Å². The van der Waals surface area contributed by atoms with Gasteiger partial charge in [0.15, 0.2) is 0 Å². The van der Waals surface area contributed by atoms with E-state index in [1.807, 2.05) is 0 Å². The molecule has 11 heteroatoms. The number of alkyl halides is 2. The van der Waals surface area contributed by atoms with E-state index in [0.717, 1.165) is 24.6 Å². The summed E-state index contributed by atoms with van der Waals surface area (Å²) in [5.74, 6) is -0.840. The van der Waals surface area contributed by atoms with E-state index >= 15 is 0 Å². The molecule has 206 valence electrons. The minimum absolute atomic E-state index is 0.0791. The van der Waals surface area contributed by atoms with Crippen molar-refractivity contribution < 1.29 is 27.6 Å². The number of fused-ring (bicyclic) bond motifs is 2. The largest absolute Gasteiger partial charge is 0.349 e. The zero-order valence-corrected chi connectivity index (χ0v) is 21.9. The fourth-order valence-electron chi connectivity index (χ4n) is 6.27. The van der Waals surface area contributed by atoms with E-state index in [1.165, 1.54) is 18.2 Å². The van der Waals surface area contributed by atoms with Crippen molar-refractivity contribution in [2.24, 2.45) is 11.8 Å². The molecule has 7 nitrogen and oxygen atoms in total. The van der Waals surface area contributed by atoms with Gasteiger partial charge in [-0.1, -0.05) is 17.7 Å². The van der Waals surface area contributed by atoms with Crippen LogP contribution in [0.1, 0.15) is 66.6 Å². The van der Waals surface area contributed by atoms with Gasteiger partial charge in [-0.2, -0.15) is 0 Å². The highest BCUT2D eigenvalue weighted by molar-refractivity contribution is 6.30. The van der Waals surface area contributed by atoms with Gasteiger partial charge in [-0.05, 0) is 68.2 Å². The molecule has 0 radical (unpaired) electrons. The number of rotatable bonds is 6. The van der Waals surface area contributed by atoms with Gasteiger partial charge in [-0.25, -0.2) is 13.2 Å². The van der Waals surface area contributed by atoms with E-state index in [0.29, 0.717) is 51.0 Å². The predicted molar refractivity (Wildman–Crippen MR) is 137 cm³/mol. The van der Waals surface area contributed by atoms with Gasteiger partial charge < -0.3 is 15.1 Å². The Balaban J connectivity index is 1.10. The highest BCUT2D eigenvalue weighted by atomic mass is 35.5. The zero-order chi connectivity index (χ0) is 27.5. The highest BCUT2D eigenvalue weighted by Crippen LogP contribution is 2.49. The van der Waals surface area contributed by atoms with Crippen molar-refractivity contribution in [3.63, 3.8) is 0 Å². The number of nitrogens with zero attached hydrogens (tertiary/aromatic N) is 3. The number of amides is 3. The molecule has 1 N–H and O–H groups in total. The van der Waals surface area contributed by atoms with E-state index in [9.17, 15) is 27.6 Å². The molecule has 2 aliphatic heterocycles. The molecule has 2 aliphatic carbocycles. The van der Waals surface area contributed by atoms with Gasteiger partial charge in [0.05, 0.1) is 16.3 Å². The van der Waals surface area contributed by atoms with Crippen LogP contribution in [0.15, 0.2) is 30.5 Å². The Morgan fingerprint density at radius 2 is 1.82 bits per heavy atom. The lowest BCUT2D eigenvalue weighted by molar-refractivity contribution is -0.145. The maximum Gasteiger partial charge on any atom is 0.281 e. The van der Waals surface area contributed by atoms with Crippen LogP contribution in [0.4, 0.5) is 18.9 Å². The van der Waals surface area contributed by atoms with E-state index in [4.69, 9.17) is 11.6 Å².